The zero-order valence-corrected chi connectivity index (χ0v) is 14.4. The van der Waals surface area contributed by atoms with Crippen molar-refractivity contribution in [1.29, 1.82) is 0 Å². The van der Waals surface area contributed by atoms with Gasteiger partial charge in [-0.05, 0) is 12.8 Å². The van der Waals surface area contributed by atoms with E-state index < -0.39 is 0 Å². The molecule has 1 N–H and O–H groups in total. The summed E-state index contributed by atoms with van der Waals surface area (Å²) in [4.78, 5) is 42.2. The van der Waals surface area contributed by atoms with Gasteiger partial charge in [-0.3, -0.25) is 14.4 Å². The molecule has 2 aliphatic rings. The van der Waals surface area contributed by atoms with Crippen LogP contribution in [0.1, 0.15) is 25.7 Å². The van der Waals surface area contributed by atoms with Crippen LogP contribution in [0.4, 0.5) is 5.82 Å². The lowest BCUT2D eigenvalue weighted by Gasteiger charge is -2.33. The van der Waals surface area contributed by atoms with Crippen molar-refractivity contribution < 1.29 is 9.59 Å². The topological polar surface area (TPSA) is 99.9 Å². The summed E-state index contributed by atoms with van der Waals surface area (Å²) < 4.78 is 1.49. The van der Waals surface area contributed by atoms with Gasteiger partial charge in [-0.2, -0.15) is 5.10 Å². The standard InChI is InChI=1S/C16H22N6O3/c1-20-9-7-17-14(16(20)25)22-8-3-4-11(10-22)18-15(24)12-5-6-13(23)21(2)19-12/h7,9,11H,3-6,8,10H2,1-2H3,(H,18,24)/t11-/m1/s1. The molecule has 1 aromatic rings. The Morgan fingerprint density at radius 2 is 2.08 bits per heavy atom. The number of piperidine rings is 1. The normalized spacial score (nSPS) is 21.1. The van der Waals surface area contributed by atoms with Crippen molar-refractivity contribution in [1.82, 2.24) is 19.9 Å². The predicted octanol–water partition coefficient (Wildman–Crippen LogP) is -0.526. The highest BCUT2D eigenvalue weighted by molar-refractivity contribution is 6.39. The van der Waals surface area contributed by atoms with Crippen molar-refractivity contribution in [2.24, 2.45) is 12.1 Å². The Labute approximate surface area is 145 Å². The molecule has 0 aliphatic carbocycles. The molecule has 25 heavy (non-hydrogen) atoms. The van der Waals surface area contributed by atoms with E-state index in [2.05, 4.69) is 15.4 Å². The van der Waals surface area contributed by atoms with Crippen LogP contribution in [0.5, 0.6) is 0 Å². The summed E-state index contributed by atoms with van der Waals surface area (Å²) in [5, 5.41) is 8.22. The number of carbonyl (C=O) groups excluding carboxylic acids is 2. The fraction of sp³-hybridized carbons (Fsp3) is 0.562. The third-order valence-electron chi connectivity index (χ3n) is 4.52. The first kappa shape index (κ1) is 17.1. The van der Waals surface area contributed by atoms with Gasteiger partial charge in [-0.15, -0.1) is 0 Å². The number of hydrogen-bond donors (Lipinski definition) is 1. The first-order valence-corrected chi connectivity index (χ1v) is 8.37. The summed E-state index contributed by atoms with van der Waals surface area (Å²) in [5.41, 5.74) is 0.222. The highest BCUT2D eigenvalue weighted by Gasteiger charge is 2.27. The SMILES string of the molecule is CN1N=C(C(=O)N[C@@H]2CCCN(c3nccn(C)c3=O)C2)CCC1=O. The van der Waals surface area contributed by atoms with Gasteiger partial charge in [0.2, 0.25) is 5.91 Å². The second kappa shape index (κ2) is 7.04. The van der Waals surface area contributed by atoms with E-state index in [1.807, 2.05) is 4.90 Å². The first-order chi connectivity index (χ1) is 12.0. The van der Waals surface area contributed by atoms with Gasteiger partial charge < -0.3 is 14.8 Å². The summed E-state index contributed by atoms with van der Waals surface area (Å²) in [6.07, 6.45) is 5.55. The van der Waals surface area contributed by atoms with E-state index in [1.165, 1.54) is 9.58 Å². The molecule has 1 aromatic heterocycles. The molecule has 134 valence electrons. The average Bonchev–Trinajstić information content (AvgIpc) is 2.60. The predicted molar refractivity (Wildman–Crippen MR) is 92.3 cm³/mol. The van der Waals surface area contributed by atoms with E-state index >= 15 is 0 Å². The number of aryl methyl sites for hydroxylation is 1. The Bertz CT molecular complexity index is 771. The zero-order valence-electron chi connectivity index (χ0n) is 14.4. The number of nitrogens with one attached hydrogen (secondary N) is 1. The van der Waals surface area contributed by atoms with Gasteiger partial charge in [0, 0.05) is 58.5 Å². The Hall–Kier alpha value is -2.71. The summed E-state index contributed by atoms with van der Waals surface area (Å²) in [7, 11) is 3.24. The maximum Gasteiger partial charge on any atom is 0.293 e. The van der Waals surface area contributed by atoms with E-state index in [0.29, 0.717) is 30.9 Å². The first-order valence-electron chi connectivity index (χ1n) is 8.37. The van der Waals surface area contributed by atoms with Crippen LogP contribution in [-0.2, 0) is 16.6 Å². The molecule has 0 saturated carbocycles. The zero-order chi connectivity index (χ0) is 18.0. The van der Waals surface area contributed by atoms with Gasteiger partial charge in [0.25, 0.3) is 11.5 Å². The number of rotatable bonds is 3. The number of aromatic nitrogens is 2. The van der Waals surface area contributed by atoms with E-state index in [4.69, 9.17) is 0 Å². The molecular weight excluding hydrogens is 324 g/mol. The van der Waals surface area contributed by atoms with Crippen molar-refractivity contribution in [3.8, 4) is 0 Å². The van der Waals surface area contributed by atoms with Gasteiger partial charge in [-0.25, -0.2) is 9.99 Å². The van der Waals surface area contributed by atoms with Gasteiger partial charge >= 0.3 is 0 Å². The van der Waals surface area contributed by atoms with Crippen LogP contribution in [0.25, 0.3) is 0 Å². The summed E-state index contributed by atoms with van der Waals surface area (Å²) >= 11 is 0. The highest BCUT2D eigenvalue weighted by Crippen LogP contribution is 2.15. The number of nitrogens with zero attached hydrogens (tertiary/aromatic N) is 5. The molecule has 9 nitrogen and oxygen atoms in total. The maximum absolute atomic E-state index is 12.4. The monoisotopic (exact) mass is 346 g/mol. The molecular formula is C16H22N6O3. The lowest BCUT2D eigenvalue weighted by atomic mass is 10.0. The maximum atomic E-state index is 12.4. The smallest absolute Gasteiger partial charge is 0.293 e. The Balaban J connectivity index is 1.67. The van der Waals surface area contributed by atoms with Gasteiger partial charge in [0.05, 0.1) is 0 Å². The van der Waals surface area contributed by atoms with E-state index in [9.17, 15) is 14.4 Å². The minimum Gasteiger partial charge on any atom is -0.350 e. The molecule has 2 aliphatic heterocycles. The third kappa shape index (κ3) is 3.70. The number of carbonyl (C=O) groups is 2. The highest BCUT2D eigenvalue weighted by atomic mass is 16.2. The minimum atomic E-state index is -0.250. The Morgan fingerprint density at radius 3 is 2.84 bits per heavy atom. The molecule has 0 bridgehead atoms. The summed E-state index contributed by atoms with van der Waals surface area (Å²) in [5.74, 6) is 0.0656. The van der Waals surface area contributed by atoms with E-state index in [-0.39, 0.29) is 23.4 Å². The minimum absolute atomic E-state index is 0.0846. The number of anilines is 1. The van der Waals surface area contributed by atoms with Crippen LogP contribution in [0.3, 0.4) is 0 Å². The van der Waals surface area contributed by atoms with Crippen molar-refractivity contribution in [2.45, 2.75) is 31.7 Å². The Morgan fingerprint density at radius 1 is 1.28 bits per heavy atom. The summed E-state index contributed by atoms with van der Waals surface area (Å²) in [6, 6.07) is -0.0846. The van der Waals surface area contributed by atoms with Crippen molar-refractivity contribution in [3.05, 3.63) is 22.7 Å². The molecule has 0 unspecified atom stereocenters. The molecule has 1 fully saturated rings. The van der Waals surface area contributed by atoms with E-state index in [1.54, 1.807) is 26.5 Å². The molecule has 3 rings (SSSR count). The second-order valence-electron chi connectivity index (χ2n) is 6.39. The summed E-state index contributed by atoms with van der Waals surface area (Å²) in [6.45, 7) is 1.26. The number of hydrazone groups is 1. The molecule has 9 heteroatoms. The van der Waals surface area contributed by atoms with Gasteiger partial charge in [0.1, 0.15) is 5.71 Å². The van der Waals surface area contributed by atoms with Crippen LogP contribution < -0.4 is 15.8 Å². The molecule has 2 amide bonds. The van der Waals surface area contributed by atoms with Crippen molar-refractivity contribution in [2.75, 3.05) is 25.0 Å². The van der Waals surface area contributed by atoms with Crippen LogP contribution in [0.2, 0.25) is 0 Å². The average molecular weight is 346 g/mol. The molecule has 0 aromatic carbocycles. The van der Waals surface area contributed by atoms with Crippen LogP contribution in [0.15, 0.2) is 22.3 Å². The molecule has 1 atom stereocenters. The Kier molecular flexibility index (Phi) is 4.82. The van der Waals surface area contributed by atoms with Crippen LogP contribution in [0, 0.1) is 0 Å². The number of hydrogen-bond acceptors (Lipinski definition) is 6. The molecule has 3 heterocycles. The van der Waals surface area contributed by atoms with Gasteiger partial charge in [-0.1, -0.05) is 0 Å². The van der Waals surface area contributed by atoms with Crippen molar-refractivity contribution in [3.63, 3.8) is 0 Å². The number of amides is 2. The second-order valence-corrected chi connectivity index (χ2v) is 6.39. The quantitative estimate of drug-likeness (QED) is 0.793. The molecule has 1 saturated heterocycles. The third-order valence-corrected chi connectivity index (χ3v) is 4.52. The largest absolute Gasteiger partial charge is 0.350 e. The van der Waals surface area contributed by atoms with Crippen LogP contribution >= 0.6 is 0 Å². The van der Waals surface area contributed by atoms with Gasteiger partial charge in [0.15, 0.2) is 5.82 Å². The van der Waals surface area contributed by atoms with E-state index in [0.717, 1.165) is 19.4 Å². The molecule has 0 spiro atoms. The van der Waals surface area contributed by atoms with Crippen molar-refractivity contribution >= 4 is 23.3 Å². The fourth-order valence-electron chi connectivity index (χ4n) is 3.09. The lowest BCUT2D eigenvalue weighted by Crippen LogP contribution is -2.51. The molecule has 0 radical (unpaired) electrons. The van der Waals surface area contributed by atoms with Crippen LogP contribution in [-0.4, -0.2) is 58.3 Å². The lowest BCUT2D eigenvalue weighted by molar-refractivity contribution is -0.130. The fourth-order valence-corrected chi connectivity index (χ4v) is 3.09.